The Kier molecular flexibility index (Phi) is 5.71. The van der Waals surface area contributed by atoms with Crippen LogP contribution in [0.25, 0.3) is 0 Å². The minimum absolute atomic E-state index is 0.0308. The molecule has 4 nitrogen and oxygen atoms in total. The van der Waals surface area contributed by atoms with Crippen molar-refractivity contribution in [2.24, 2.45) is 11.8 Å². The lowest BCUT2D eigenvalue weighted by Gasteiger charge is -2.29. The minimum atomic E-state index is -4.31. The molecule has 1 amide bonds. The van der Waals surface area contributed by atoms with Gasteiger partial charge in [0.25, 0.3) is 0 Å². The molecule has 0 aliphatic heterocycles. The molecule has 152 valence electrons. The first-order chi connectivity index (χ1) is 13.1. The summed E-state index contributed by atoms with van der Waals surface area (Å²) in [6.07, 6.45) is -2.37. The molecule has 1 aliphatic carbocycles. The van der Waals surface area contributed by atoms with E-state index >= 15 is 0 Å². The molecule has 1 saturated carbocycles. The molecule has 2 aromatic rings. The second-order valence-electron chi connectivity index (χ2n) is 7.16. The van der Waals surface area contributed by atoms with Gasteiger partial charge in [0, 0.05) is 17.0 Å². The maximum Gasteiger partial charge on any atom is 0.391 e. The second-order valence-corrected chi connectivity index (χ2v) is 7.16. The van der Waals surface area contributed by atoms with E-state index < -0.39 is 35.6 Å². The first kappa shape index (κ1) is 20.3. The summed E-state index contributed by atoms with van der Waals surface area (Å²) in [6.45, 7) is 1.54. The van der Waals surface area contributed by atoms with Crippen LogP contribution in [0, 0.1) is 30.4 Å². The maximum atomic E-state index is 13.9. The Bertz CT molecular complexity index is 862. The van der Waals surface area contributed by atoms with Gasteiger partial charge in [0.05, 0.1) is 18.7 Å². The first-order valence-electron chi connectivity index (χ1n) is 8.99. The number of nitrogens with zero attached hydrogens (tertiary/aromatic N) is 2. The lowest BCUT2D eigenvalue weighted by atomic mass is 9.80. The highest BCUT2D eigenvalue weighted by Gasteiger charge is 2.43. The fourth-order valence-corrected chi connectivity index (χ4v) is 3.53. The molecule has 1 aliphatic rings. The van der Waals surface area contributed by atoms with E-state index in [9.17, 15) is 26.7 Å². The fraction of sp³-hybridized carbons (Fsp3) is 0.474. The van der Waals surface area contributed by atoms with E-state index in [4.69, 9.17) is 0 Å². The van der Waals surface area contributed by atoms with Crippen molar-refractivity contribution in [2.75, 3.05) is 5.32 Å². The van der Waals surface area contributed by atoms with Crippen molar-refractivity contribution in [1.82, 2.24) is 9.78 Å². The summed E-state index contributed by atoms with van der Waals surface area (Å²) in [7, 11) is 0. The van der Waals surface area contributed by atoms with Crippen LogP contribution in [0.3, 0.4) is 0 Å². The molecule has 2 atom stereocenters. The van der Waals surface area contributed by atoms with Crippen LogP contribution in [0.5, 0.6) is 0 Å². The Morgan fingerprint density at radius 1 is 1.29 bits per heavy atom. The van der Waals surface area contributed by atoms with Crippen molar-refractivity contribution in [2.45, 2.75) is 45.3 Å². The predicted molar refractivity (Wildman–Crippen MR) is 92.6 cm³/mol. The molecule has 1 fully saturated rings. The van der Waals surface area contributed by atoms with Gasteiger partial charge in [-0.15, -0.1) is 0 Å². The Morgan fingerprint density at radius 3 is 2.75 bits per heavy atom. The van der Waals surface area contributed by atoms with Crippen molar-refractivity contribution in [3.05, 3.63) is 47.2 Å². The summed E-state index contributed by atoms with van der Waals surface area (Å²) < 4.78 is 67.5. The zero-order valence-electron chi connectivity index (χ0n) is 15.2. The van der Waals surface area contributed by atoms with E-state index in [1.54, 1.807) is 6.92 Å². The number of halogens is 5. The first-order valence-corrected chi connectivity index (χ1v) is 8.99. The van der Waals surface area contributed by atoms with Gasteiger partial charge in [-0.1, -0.05) is 6.42 Å². The number of benzene rings is 1. The number of rotatable bonds is 4. The number of hydrogen-bond acceptors (Lipinski definition) is 2. The van der Waals surface area contributed by atoms with Crippen LogP contribution >= 0.6 is 0 Å². The maximum absolute atomic E-state index is 13.9. The molecule has 1 N–H and O–H groups in total. The van der Waals surface area contributed by atoms with Crippen LogP contribution < -0.4 is 5.32 Å². The molecule has 1 aromatic carbocycles. The normalized spacial score (nSPS) is 20.2. The van der Waals surface area contributed by atoms with Crippen LogP contribution in [0.1, 0.15) is 36.8 Å². The van der Waals surface area contributed by atoms with Crippen molar-refractivity contribution in [1.29, 1.82) is 0 Å². The number of nitrogens with one attached hydrogen (secondary N) is 1. The summed E-state index contributed by atoms with van der Waals surface area (Å²) in [5, 5.41) is 6.70. The number of aryl methyl sites for hydroxylation is 1. The second kappa shape index (κ2) is 7.89. The highest BCUT2D eigenvalue weighted by molar-refractivity contribution is 5.92. The van der Waals surface area contributed by atoms with Gasteiger partial charge in [-0.25, -0.2) is 13.5 Å². The van der Waals surface area contributed by atoms with E-state index in [1.165, 1.54) is 10.9 Å². The molecule has 9 heteroatoms. The molecule has 2 unspecified atom stereocenters. The Morgan fingerprint density at radius 2 is 2.04 bits per heavy atom. The zero-order valence-corrected chi connectivity index (χ0v) is 15.2. The van der Waals surface area contributed by atoms with Gasteiger partial charge in [-0.3, -0.25) is 4.79 Å². The average Bonchev–Trinajstić information content (AvgIpc) is 2.97. The molecule has 0 saturated heterocycles. The summed E-state index contributed by atoms with van der Waals surface area (Å²) in [5.41, 5.74) is 0.627. The predicted octanol–water partition coefficient (Wildman–Crippen LogP) is 4.83. The molecular weight excluding hydrogens is 381 g/mol. The quantitative estimate of drug-likeness (QED) is 0.747. The number of carbonyl (C=O) groups is 1. The van der Waals surface area contributed by atoms with Gasteiger partial charge in [0.15, 0.2) is 0 Å². The lowest BCUT2D eigenvalue weighted by molar-refractivity contribution is -0.185. The molecule has 0 bridgehead atoms. The molecule has 0 spiro atoms. The summed E-state index contributed by atoms with van der Waals surface area (Å²) in [6, 6.07) is 3.03. The fourth-order valence-electron chi connectivity index (χ4n) is 3.53. The van der Waals surface area contributed by atoms with E-state index in [0.29, 0.717) is 18.4 Å². The highest BCUT2D eigenvalue weighted by atomic mass is 19.4. The number of amides is 1. The van der Waals surface area contributed by atoms with Gasteiger partial charge in [0.1, 0.15) is 17.5 Å². The van der Waals surface area contributed by atoms with Gasteiger partial charge < -0.3 is 5.32 Å². The standard InChI is InChI=1S/C19H20F5N3O/c1-11-9-25-27(10-13-8-15(20)5-6-16(13)21)17(11)26-18(28)12-3-2-4-14(7-12)19(22,23)24/h5-6,8-9,12,14H,2-4,7,10H2,1H3,(H,26,28). The number of hydrogen-bond donors (Lipinski definition) is 1. The number of aromatic nitrogens is 2. The summed E-state index contributed by atoms with van der Waals surface area (Å²) >= 11 is 0. The lowest BCUT2D eigenvalue weighted by Crippen LogP contribution is -2.34. The van der Waals surface area contributed by atoms with E-state index in [-0.39, 0.29) is 30.8 Å². The molecule has 3 rings (SSSR count). The summed E-state index contributed by atoms with van der Waals surface area (Å²) in [4.78, 5) is 12.6. The van der Waals surface area contributed by atoms with Crippen LogP contribution in [0.15, 0.2) is 24.4 Å². The molecule has 0 radical (unpaired) electrons. The molecular formula is C19H20F5N3O. The third kappa shape index (κ3) is 4.51. The third-order valence-corrected chi connectivity index (χ3v) is 5.10. The van der Waals surface area contributed by atoms with Crippen molar-refractivity contribution in [3.8, 4) is 0 Å². The SMILES string of the molecule is Cc1cnn(Cc2cc(F)ccc2F)c1NC(=O)C1CCCC(C(F)(F)F)C1. The Hall–Kier alpha value is -2.45. The van der Waals surface area contributed by atoms with Crippen molar-refractivity contribution >= 4 is 11.7 Å². The van der Waals surface area contributed by atoms with E-state index in [0.717, 1.165) is 18.2 Å². The minimum Gasteiger partial charge on any atom is -0.310 e. The number of carbonyl (C=O) groups excluding carboxylic acids is 1. The highest BCUT2D eigenvalue weighted by Crippen LogP contribution is 2.40. The third-order valence-electron chi connectivity index (χ3n) is 5.10. The van der Waals surface area contributed by atoms with Gasteiger partial charge >= 0.3 is 6.18 Å². The van der Waals surface area contributed by atoms with E-state index in [2.05, 4.69) is 10.4 Å². The molecule has 28 heavy (non-hydrogen) atoms. The van der Waals surface area contributed by atoms with Gasteiger partial charge in [0.2, 0.25) is 5.91 Å². The van der Waals surface area contributed by atoms with Crippen LogP contribution in [-0.4, -0.2) is 21.9 Å². The largest absolute Gasteiger partial charge is 0.391 e. The average molecular weight is 401 g/mol. The topological polar surface area (TPSA) is 46.9 Å². The van der Waals surface area contributed by atoms with Crippen molar-refractivity contribution in [3.63, 3.8) is 0 Å². The monoisotopic (exact) mass is 401 g/mol. The zero-order chi connectivity index (χ0) is 20.5. The van der Waals surface area contributed by atoms with Crippen LogP contribution in [0.4, 0.5) is 27.8 Å². The smallest absolute Gasteiger partial charge is 0.310 e. The summed E-state index contributed by atoms with van der Waals surface area (Å²) in [5.74, 6) is -3.71. The van der Waals surface area contributed by atoms with Crippen LogP contribution in [-0.2, 0) is 11.3 Å². The number of anilines is 1. The molecule has 1 aromatic heterocycles. The van der Waals surface area contributed by atoms with Gasteiger partial charge in [-0.2, -0.15) is 18.3 Å². The number of alkyl halides is 3. The Labute approximate surface area is 158 Å². The van der Waals surface area contributed by atoms with Crippen LogP contribution in [0.2, 0.25) is 0 Å². The Balaban J connectivity index is 1.75. The van der Waals surface area contributed by atoms with Crippen molar-refractivity contribution < 1.29 is 26.7 Å². The van der Waals surface area contributed by atoms with E-state index in [1.807, 2.05) is 0 Å². The van der Waals surface area contributed by atoms with Gasteiger partial charge in [-0.05, 0) is 44.4 Å². The molecule has 1 heterocycles.